The van der Waals surface area contributed by atoms with Gasteiger partial charge in [0.15, 0.2) is 5.13 Å². The van der Waals surface area contributed by atoms with Gasteiger partial charge in [-0.05, 0) is 33.2 Å². The van der Waals surface area contributed by atoms with Gasteiger partial charge in [0.25, 0.3) is 0 Å². The van der Waals surface area contributed by atoms with E-state index in [-0.39, 0.29) is 0 Å². The summed E-state index contributed by atoms with van der Waals surface area (Å²) in [5.41, 5.74) is 7.13. The molecule has 2 rings (SSSR count). The van der Waals surface area contributed by atoms with Gasteiger partial charge < -0.3 is 5.73 Å². The van der Waals surface area contributed by atoms with E-state index in [1.54, 1.807) is 0 Å². The second-order valence-electron chi connectivity index (χ2n) is 4.83. The Morgan fingerprint density at radius 1 is 1.60 bits per heavy atom. The van der Waals surface area contributed by atoms with Crippen LogP contribution >= 0.6 is 11.3 Å². The Labute approximate surface area is 95.3 Å². The minimum atomic E-state index is 0.377. The molecule has 0 amide bonds. The van der Waals surface area contributed by atoms with Gasteiger partial charge in [-0.2, -0.15) is 0 Å². The first-order chi connectivity index (χ1) is 7.08. The van der Waals surface area contributed by atoms with Gasteiger partial charge >= 0.3 is 0 Å². The third kappa shape index (κ3) is 2.49. The van der Waals surface area contributed by atoms with Crippen LogP contribution in [-0.4, -0.2) is 28.5 Å². The average Bonchev–Trinajstić information content (AvgIpc) is 2.69. The topological polar surface area (TPSA) is 42.1 Å². The van der Waals surface area contributed by atoms with Gasteiger partial charge in [0.05, 0.1) is 5.69 Å². The second-order valence-corrected chi connectivity index (χ2v) is 5.72. The van der Waals surface area contributed by atoms with E-state index >= 15 is 0 Å². The normalized spacial score (nSPS) is 20.9. The minimum Gasteiger partial charge on any atom is -0.375 e. The first-order valence-electron chi connectivity index (χ1n) is 5.53. The van der Waals surface area contributed by atoms with Crippen LogP contribution in [0, 0.1) is 0 Å². The Morgan fingerprint density at radius 2 is 2.40 bits per heavy atom. The summed E-state index contributed by atoms with van der Waals surface area (Å²) in [4.78, 5) is 6.85. The molecule has 0 aliphatic carbocycles. The fourth-order valence-electron chi connectivity index (χ4n) is 2.26. The van der Waals surface area contributed by atoms with Crippen molar-refractivity contribution in [3.05, 3.63) is 11.1 Å². The van der Waals surface area contributed by atoms with Gasteiger partial charge in [-0.25, -0.2) is 4.98 Å². The highest BCUT2D eigenvalue weighted by atomic mass is 32.1. The SMILES string of the molecule is CC1(C)CCCN1CCc1csc(N)n1. The lowest BCUT2D eigenvalue weighted by Crippen LogP contribution is -2.39. The van der Waals surface area contributed by atoms with Crippen molar-refractivity contribution >= 4 is 16.5 Å². The van der Waals surface area contributed by atoms with Crippen molar-refractivity contribution in [3.8, 4) is 0 Å². The van der Waals surface area contributed by atoms with Gasteiger partial charge in [0.1, 0.15) is 0 Å². The van der Waals surface area contributed by atoms with Crippen molar-refractivity contribution < 1.29 is 0 Å². The Kier molecular flexibility index (Phi) is 2.98. The van der Waals surface area contributed by atoms with E-state index < -0.39 is 0 Å². The Hall–Kier alpha value is -0.610. The molecule has 1 fully saturated rings. The maximum Gasteiger partial charge on any atom is 0.180 e. The maximum atomic E-state index is 5.61. The summed E-state index contributed by atoms with van der Waals surface area (Å²) in [6.07, 6.45) is 3.66. The summed E-state index contributed by atoms with van der Waals surface area (Å²) in [5.74, 6) is 0. The summed E-state index contributed by atoms with van der Waals surface area (Å²) in [7, 11) is 0. The number of hydrogen-bond acceptors (Lipinski definition) is 4. The molecule has 0 radical (unpaired) electrons. The Balaban J connectivity index is 1.88. The zero-order valence-corrected chi connectivity index (χ0v) is 10.3. The number of anilines is 1. The van der Waals surface area contributed by atoms with Crippen molar-refractivity contribution in [1.82, 2.24) is 9.88 Å². The molecule has 1 aliphatic rings. The van der Waals surface area contributed by atoms with Gasteiger partial charge in [0.2, 0.25) is 0 Å². The number of nitrogens with zero attached hydrogens (tertiary/aromatic N) is 2. The predicted molar refractivity (Wildman–Crippen MR) is 65.1 cm³/mol. The number of likely N-dealkylation sites (tertiary alicyclic amines) is 1. The zero-order chi connectivity index (χ0) is 10.9. The van der Waals surface area contributed by atoms with Gasteiger partial charge in [-0.15, -0.1) is 11.3 Å². The second kappa shape index (κ2) is 4.10. The molecule has 0 unspecified atom stereocenters. The molecule has 2 N–H and O–H groups in total. The van der Waals surface area contributed by atoms with Crippen LogP contribution in [0.15, 0.2) is 5.38 Å². The molecule has 1 aliphatic heterocycles. The van der Waals surface area contributed by atoms with Crippen LogP contribution < -0.4 is 5.73 Å². The molecule has 0 aromatic carbocycles. The number of rotatable bonds is 3. The monoisotopic (exact) mass is 225 g/mol. The lowest BCUT2D eigenvalue weighted by atomic mass is 10.0. The molecule has 2 heterocycles. The minimum absolute atomic E-state index is 0.377. The molecule has 4 heteroatoms. The quantitative estimate of drug-likeness (QED) is 0.857. The molecule has 3 nitrogen and oxygen atoms in total. The van der Waals surface area contributed by atoms with E-state index in [0.717, 1.165) is 18.7 Å². The molecule has 84 valence electrons. The molecule has 0 spiro atoms. The van der Waals surface area contributed by atoms with Crippen molar-refractivity contribution in [2.45, 2.75) is 38.6 Å². The molecule has 0 bridgehead atoms. The third-order valence-corrected chi connectivity index (χ3v) is 4.00. The molecular formula is C11H19N3S. The van der Waals surface area contributed by atoms with E-state index in [9.17, 15) is 0 Å². The number of aromatic nitrogens is 1. The predicted octanol–water partition coefficient (Wildman–Crippen LogP) is 2.14. The van der Waals surface area contributed by atoms with E-state index in [1.807, 2.05) is 0 Å². The number of nitrogen functional groups attached to an aromatic ring is 1. The van der Waals surface area contributed by atoms with E-state index in [2.05, 4.69) is 29.1 Å². The third-order valence-electron chi connectivity index (χ3n) is 3.28. The van der Waals surface area contributed by atoms with E-state index in [1.165, 1.54) is 30.7 Å². The Morgan fingerprint density at radius 3 is 2.93 bits per heavy atom. The summed E-state index contributed by atoms with van der Waals surface area (Å²) >= 11 is 1.53. The molecule has 0 saturated carbocycles. The van der Waals surface area contributed by atoms with Crippen LogP contribution in [-0.2, 0) is 6.42 Å². The Bertz CT molecular complexity index is 332. The highest BCUT2D eigenvalue weighted by Gasteiger charge is 2.31. The van der Waals surface area contributed by atoms with Gasteiger partial charge in [0, 0.05) is 23.9 Å². The van der Waals surface area contributed by atoms with Gasteiger partial charge in [-0.3, -0.25) is 4.90 Å². The van der Waals surface area contributed by atoms with Crippen LogP contribution in [0.1, 0.15) is 32.4 Å². The summed E-state index contributed by atoms with van der Waals surface area (Å²) in [6, 6.07) is 0. The van der Waals surface area contributed by atoms with Gasteiger partial charge in [-0.1, -0.05) is 0 Å². The smallest absolute Gasteiger partial charge is 0.180 e. The highest BCUT2D eigenvalue weighted by Crippen LogP contribution is 2.28. The van der Waals surface area contributed by atoms with Crippen LogP contribution in [0.4, 0.5) is 5.13 Å². The fraction of sp³-hybridized carbons (Fsp3) is 0.727. The van der Waals surface area contributed by atoms with Crippen LogP contribution in [0.3, 0.4) is 0 Å². The van der Waals surface area contributed by atoms with Crippen molar-refractivity contribution in [1.29, 1.82) is 0 Å². The molecule has 1 saturated heterocycles. The molecule has 15 heavy (non-hydrogen) atoms. The molecule has 1 aromatic heterocycles. The first kappa shape index (κ1) is 10.9. The molecule has 1 aromatic rings. The van der Waals surface area contributed by atoms with Crippen LogP contribution in [0.2, 0.25) is 0 Å². The van der Waals surface area contributed by atoms with Crippen LogP contribution in [0.5, 0.6) is 0 Å². The van der Waals surface area contributed by atoms with Crippen molar-refractivity contribution in [2.75, 3.05) is 18.8 Å². The number of thiazole rings is 1. The number of nitrogens with two attached hydrogens (primary N) is 1. The van der Waals surface area contributed by atoms with Crippen molar-refractivity contribution in [3.63, 3.8) is 0 Å². The zero-order valence-electron chi connectivity index (χ0n) is 9.49. The molecule has 0 atom stereocenters. The fourth-order valence-corrected chi connectivity index (χ4v) is 2.86. The average molecular weight is 225 g/mol. The largest absolute Gasteiger partial charge is 0.375 e. The van der Waals surface area contributed by atoms with Crippen molar-refractivity contribution in [2.24, 2.45) is 0 Å². The van der Waals surface area contributed by atoms with Crippen LogP contribution in [0.25, 0.3) is 0 Å². The lowest BCUT2D eigenvalue weighted by Gasteiger charge is -2.31. The van der Waals surface area contributed by atoms with E-state index in [0.29, 0.717) is 10.7 Å². The maximum absolute atomic E-state index is 5.61. The summed E-state index contributed by atoms with van der Waals surface area (Å²) < 4.78 is 0. The highest BCUT2D eigenvalue weighted by molar-refractivity contribution is 7.13. The number of hydrogen-bond donors (Lipinski definition) is 1. The molecular weight excluding hydrogens is 206 g/mol. The lowest BCUT2D eigenvalue weighted by molar-refractivity contribution is 0.177. The summed E-state index contributed by atoms with van der Waals surface area (Å²) in [6.45, 7) is 6.99. The van der Waals surface area contributed by atoms with E-state index in [4.69, 9.17) is 5.73 Å². The summed E-state index contributed by atoms with van der Waals surface area (Å²) in [5, 5.41) is 2.75. The first-order valence-corrected chi connectivity index (χ1v) is 6.41. The standard InChI is InChI=1S/C11H19N3S/c1-11(2)5-3-6-14(11)7-4-9-8-15-10(12)13-9/h8H,3-7H2,1-2H3,(H2,12,13).